The van der Waals surface area contributed by atoms with E-state index >= 15 is 0 Å². The Morgan fingerprint density at radius 1 is 1.15 bits per heavy atom. The van der Waals surface area contributed by atoms with Gasteiger partial charge in [0.25, 0.3) is 0 Å². The van der Waals surface area contributed by atoms with Crippen molar-refractivity contribution in [3.05, 3.63) is 23.9 Å². The molecule has 1 N–H and O–H groups in total. The molecule has 1 saturated heterocycles. The fourth-order valence-electron chi connectivity index (χ4n) is 4.01. The number of nitrogens with zero attached hydrogens (tertiary/aromatic N) is 2. The molecule has 2 aliphatic rings. The van der Waals surface area contributed by atoms with Crippen molar-refractivity contribution in [1.29, 1.82) is 0 Å². The average Bonchev–Trinajstić information content (AvgIpc) is 2.69. The maximum absolute atomic E-state index is 12.5. The van der Waals surface area contributed by atoms with E-state index in [1.54, 1.807) is 18.3 Å². The van der Waals surface area contributed by atoms with Crippen LogP contribution in [-0.4, -0.2) is 42.1 Å². The zero-order valence-corrected chi connectivity index (χ0v) is 16.4. The Balaban J connectivity index is 1.56. The molecule has 1 aromatic heterocycles. The molecule has 0 spiro atoms. The highest BCUT2D eigenvalue weighted by molar-refractivity contribution is 5.94. The molecular formula is C21H31N3O3. The second-order valence-electron chi connectivity index (χ2n) is 7.93. The lowest BCUT2D eigenvalue weighted by molar-refractivity contribution is -0.126. The molecule has 1 amide bonds. The summed E-state index contributed by atoms with van der Waals surface area (Å²) in [7, 11) is 0. The third-order valence-electron chi connectivity index (χ3n) is 5.47. The zero-order valence-electron chi connectivity index (χ0n) is 16.4. The predicted octanol–water partition coefficient (Wildman–Crippen LogP) is 3.31. The van der Waals surface area contributed by atoms with Crippen molar-refractivity contribution in [1.82, 2.24) is 10.3 Å². The maximum Gasteiger partial charge on any atom is 0.342 e. The summed E-state index contributed by atoms with van der Waals surface area (Å²) >= 11 is 0. The molecule has 0 atom stereocenters. The number of anilines is 1. The smallest absolute Gasteiger partial charge is 0.342 e. The van der Waals surface area contributed by atoms with Crippen LogP contribution in [0.1, 0.15) is 69.2 Å². The molecule has 0 radical (unpaired) electrons. The molecule has 148 valence electrons. The zero-order chi connectivity index (χ0) is 19.2. The second kappa shape index (κ2) is 9.20. The van der Waals surface area contributed by atoms with Gasteiger partial charge < -0.3 is 15.0 Å². The van der Waals surface area contributed by atoms with Gasteiger partial charge in [-0.2, -0.15) is 0 Å². The first-order valence-electron chi connectivity index (χ1n) is 10.3. The van der Waals surface area contributed by atoms with Crippen molar-refractivity contribution in [2.24, 2.45) is 5.92 Å². The summed E-state index contributed by atoms with van der Waals surface area (Å²) in [6, 6.07) is 3.74. The molecule has 2 heterocycles. The van der Waals surface area contributed by atoms with E-state index in [1.807, 2.05) is 13.8 Å². The summed E-state index contributed by atoms with van der Waals surface area (Å²) < 4.78 is 5.35. The van der Waals surface area contributed by atoms with Gasteiger partial charge in [0.1, 0.15) is 11.4 Å². The number of hydrogen-bond donors (Lipinski definition) is 1. The van der Waals surface area contributed by atoms with Crippen LogP contribution in [0.3, 0.4) is 0 Å². The van der Waals surface area contributed by atoms with Gasteiger partial charge in [0.2, 0.25) is 5.91 Å². The second-order valence-corrected chi connectivity index (χ2v) is 7.93. The van der Waals surface area contributed by atoms with E-state index in [0.29, 0.717) is 11.4 Å². The summed E-state index contributed by atoms with van der Waals surface area (Å²) in [6.07, 6.45) is 8.94. The molecule has 6 heteroatoms. The molecule has 0 unspecified atom stereocenters. The molecule has 1 aliphatic carbocycles. The number of pyridine rings is 1. The third kappa shape index (κ3) is 5.21. The number of nitrogens with one attached hydrogen (secondary N) is 1. The Morgan fingerprint density at radius 2 is 1.85 bits per heavy atom. The van der Waals surface area contributed by atoms with E-state index in [1.165, 1.54) is 19.3 Å². The minimum atomic E-state index is -0.333. The third-order valence-corrected chi connectivity index (χ3v) is 5.47. The van der Waals surface area contributed by atoms with Gasteiger partial charge in [-0.3, -0.25) is 4.79 Å². The van der Waals surface area contributed by atoms with E-state index in [0.717, 1.165) is 38.8 Å². The largest absolute Gasteiger partial charge is 0.459 e. The Labute approximate surface area is 161 Å². The first-order valence-corrected chi connectivity index (χ1v) is 10.3. The highest BCUT2D eigenvalue weighted by atomic mass is 16.5. The van der Waals surface area contributed by atoms with Crippen molar-refractivity contribution in [2.75, 3.05) is 18.0 Å². The van der Waals surface area contributed by atoms with Gasteiger partial charge in [0.05, 0.1) is 6.10 Å². The van der Waals surface area contributed by atoms with Crippen LogP contribution in [0.5, 0.6) is 0 Å². The number of amides is 1. The number of hydrogen-bond acceptors (Lipinski definition) is 5. The van der Waals surface area contributed by atoms with E-state index in [2.05, 4.69) is 15.2 Å². The van der Waals surface area contributed by atoms with Crippen molar-refractivity contribution in [2.45, 2.75) is 70.9 Å². The van der Waals surface area contributed by atoms with E-state index < -0.39 is 0 Å². The number of piperidine rings is 1. The van der Waals surface area contributed by atoms with Gasteiger partial charge in [0, 0.05) is 31.2 Å². The molecule has 6 nitrogen and oxygen atoms in total. The number of carbonyl (C=O) groups excluding carboxylic acids is 2. The Bertz CT molecular complexity index is 648. The number of esters is 1. The molecule has 2 fully saturated rings. The van der Waals surface area contributed by atoms with Crippen LogP contribution in [0, 0.1) is 5.92 Å². The fourth-order valence-corrected chi connectivity index (χ4v) is 4.01. The highest BCUT2D eigenvalue weighted by Gasteiger charge is 2.28. The van der Waals surface area contributed by atoms with E-state index in [4.69, 9.17) is 4.74 Å². The molecule has 1 aliphatic heterocycles. The SMILES string of the molecule is CC(C)OC(=O)c1cccnc1N1CCC(NC(=O)C2CCCCC2)CC1. The van der Waals surface area contributed by atoms with Crippen molar-refractivity contribution in [3.8, 4) is 0 Å². The van der Waals surface area contributed by atoms with Crippen LogP contribution < -0.4 is 10.2 Å². The van der Waals surface area contributed by atoms with Gasteiger partial charge in [-0.15, -0.1) is 0 Å². The molecule has 3 rings (SSSR count). The standard InChI is InChI=1S/C21H31N3O3/c1-15(2)27-21(26)18-9-6-12-22-19(18)24-13-10-17(11-14-24)23-20(25)16-7-4-3-5-8-16/h6,9,12,15-17H,3-5,7-8,10-11,13-14H2,1-2H3,(H,23,25). The topological polar surface area (TPSA) is 71.5 Å². The van der Waals surface area contributed by atoms with Crippen LogP contribution in [0.2, 0.25) is 0 Å². The summed E-state index contributed by atoms with van der Waals surface area (Å²) in [5.41, 5.74) is 0.510. The quantitative estimate of drug-likeness (QED) is 0.802. The molecule has 1 aromatic rings. The Morgan fingerprint density at radius 3 is 2.52 bits per heavy atom. The molecule has 0 aromatic carbocycles. The van der Waals surface area contributed by atoms with Crippen molar-refractivity contribution in [3.63, 3.8) is 0 Å². The molecule has 0 bridgehead atoms. The van der Waals surface area contributed by atoms with Crippen LogP contribution >= 0.6 is 0 Å². The minimum Gasteiger partial charge on any atom is -0.459 e. The first-order chi connectivity index (χ1) is 13.0. The van der Waals surface area contributed by atoms with Crippen LogP contribution in [0.15, 0.2) is 18.3 Å². The summed E-state index contributed by atoms with van der Waals surface area (Å²) in [6.45, 7) is 5.23. The average molecular weight is 373 g/mol. The number of carbonyl (C=O) groups is 2. The van der Waals surface area contributed by atoms with Crippen LogP contribution in [0.25, 0.3) is 0 Å². The summed E-state index contributed by atoms with van der Waals surface area (Å²) in [4.78, 5) is 31.4. The number of ether oxygens (including phenoxy) is 1. The van der Waals surface area contributed by atoms with Crippen molar-refractivity contribution < 1.29 is 14.3 Å². The molecular weight excluding hydrogens is 342 g/mol. The van der Waals surface area contributed by atoms with Gasteiger partial charge in [-0.25, -0.2) is 9.78 Å². The first kappa shape index (κ1) is 19.6. The lowest BCUT2D eigenvalue weighted by Crippen LogP contribution is -2.47. The monoisotopic (exact) mass is 373 g/mol. The predicted molar refractivity (Wildman–Crippen MR) is 105 cm³/mol. The highest BCUT2D eigenvalue weighted by Crippen LogP contribution is 2.26. The van der Waals surface area contributed by atoms with E-state index in [-0.39, 0.29) is 29.9 Å². The number of aromatic nitrogens is 1. The molecule has 27 heavy (non-hydrogen) atoms. The van der Waals surface area contributed by atoms with Gasteiger partial charge >= 0.3 is 5.97 Å². The van der Waals surface area contributed by atoms with Crippen molar-refractivity contribution >= 4 is 17.7 Å². The Hall–Kier alpha value is -2.11. The number of rotatable bonds is 5. The maximum atomic E-state index is 12.5. The van der Waals surface area contributed by atoms with Gasteiger partial charge in [0.15, 0.2) is 0 Å². The van der Waals surface area contributed by atoms with Gasteiger partial charge in [-0.05, 0) is 51.7 Å². The molecule has 1 saturated carbocycles. The minimum absolute atomic E-state index is 0.161. The lowest BCUT2D eigenvalue weighted by Gasteiger charge is -2.34. The Kier molecular flexibility index (Phi) is 6.69. The summed E-state index contributed by atoms with van der Waals surface area (Å²) in [5, 5.41) is 3.25. The van der Waals surface area contributed by atoms with E-state index in [9.17, 15) is 9.59 Å². The van der Waals surface area contributed by atoms with Crippen LogP contribution in [-0.2, 0) is 9.53 Å². The fraction of sp³-hybridized carbons (Fsp3) is 0.667. The normalized spacial score (nSPS) is 19.1. The van der Waals surface area contributed by atoms with Crippen LogP contribution in [0.4, 0.5) is 5.82 Å². The van der Waals surface area contributed by atoms with Gasteiger partial charge in [-0.1, -0.05) is 19.3 Å². The summed E-state index contributed by atoms with van der Waals surface area (Å²) in [5.74, 6) is 0.776. The lowest BCUT2D eigenvalue weighted by atomic mass is 9.88.